The molecule has 0 saturated carbocycles. The van der Waals surface area contributed by atoms with E-state index in [0.29, 0.717) is 15.2 Å². The Balaban J connectivity index is 2.40. The molecule has 2 aromatic rings. The number of aromatic nitrogens is 1. The topological polar surface area (TPSA) is 68.7 Å². The third-order valence-electron chi connectivity index (χ3n) is 2.40. The highest BCUT2D eigenvalue weighted by Gasteiger charge is 2.15. The summed E-state index contributed by atoms with van der Waals surface area (Å²) in [6.07, 6.45) is 1.41. The second-order valence-corrected chi connectivity index (χ2v) is 5.00. The summed E-state index contributed by atoms with van der Waals surface area (Å²) in [6.45, 7) is 0. The Morgan fingerprint density at radius 2 is 2.15 bits per heavy atom. The number of nitrogens with zero attached hydrogens (tertiary/aromatic N) is 1. The molecule has 0 fully saturated rings. The number of halogens is 2. The van der Waals surface area contributed by atoms with E-state index in [1.54, 1.807) is 12.1 Å². The highest BCUT2D eigenvalue weighted by molar-refractivity contribution is 9.10. The number of rotatable bonds is 4. The minimum absolute atomic E-state index is 0.0204. The molecule has 0 saturated heterocycles. The molecule has 0 aliphatic carbocycles. The van der Waals surface area contributed by atoms with Crippen molar-refractivity contribution in [1.82, 2.24) is 4.98 Å². The second-order valence-electron chi connectivity index (χ2n) is 3.71. The fraction of sp³-hybridized carbons (Fsp3) is 0.0769. The van der Waals surface area contributed by atoms with Gasteiger partial charge in [-0.15, -0.1) is 0 Å². The van der Waals surface area contributed by atoms with Crippen molar-refractivity contribution < 1.29 is 19.4 Å². The van der Waals surface area contributed by atoms with Crippen molar-refractivity contribution in [3.8, 4) is 17.4 Å². The number of carboxylic acid groups (broad SMARTS) is 1. The fourth-order valence-electron chi connectivity index (χ4n) is 1.47. The smallest absolute Gasteiger partial charge is 0.339 e. The molecule has 1 N–H and O–H groups in total. The zero-order chi connectivity index (χ0) is 14.7. The fourth-order valence-corrected chi connectivity index (χ4v) is 2.19. The minimum atomic E-state index is -1.12. The number of hydrogen-bond donors (Lipinski definition) is 1. The zero-order valence-electron chi connectivity index (χ0n) is 10.3. The maximum atomic E-state index is 11.2. The number of aromatic carboxylic acids is 1. The van der Waals surface area contributed by atoms with E-state index in [9.17, 15) is 9.90 Å². The number of carbonyl (C=O) groups is 1. The summed E-state index contributed by atoms with van der Waals surface area (Å²) in [4.78, 5) is 15.2. The SMILES string of the molecule is COc1ccc(Oc2ncc(Cl)cc2Br)c(C(=O)O)c1. The average Bonchev–Trinajstić information content (AvgIpc) is 2.42. The Kier molecular flexibility index (Phi) is 4.46. The van der Waals surface area contributed by atoms with E-state index in [-0.39, 0.29) is 17.2 Å². The van der Waals surface area contributed by atoms with Crippen molar-refractivity contribution in [2.24, 2.45) is 0 Å². The first-order valence-corrected chi connectivity index (χ1v) is 6.58. The number of ether oxygens (including phenoxy) is 2. The first-order valence-electron chi connectivity index (χ1n) is 5.41. The van der Waals surface area contributed by atoms with Crippen LogP contribution in [0.5, 0.6) is 17.4 Å². The minimum Gasteiger partial charge on any atom is -0.497 e. The quantitative estimate of drug-likeness (QED) is 0.895. The lowest BCUT2D eigenvalue weighted by Gasteiger charge is -2.10. The molecule has 1 aromatic carbocycles. The molecule has 0 aliphatic rings. The van der Waals surface area contributed by atoms with Gasteiger partial charge in [0.25, 0.3) is 0 Å². The van der Waals surface area contributed by atoms with Crippen LogP contribution in [0, 0.1) is 0 Å². The van der Waals surface area contributed by atoms with Gasteiger partial charge in [0.2, 0.25) is 5.88 Å². The maximum absolute atomic E-state index is 11.2. The van der Waals surface area contributed by atoms with Gasteiger partial charge in [-0.3, -0.25) is 0 Å². The van der Waals surface area contributed by atoms with Crippen molar-refractivity contribution >= 4 is 33.5 Å². The van der Waals surface area contributed by atoms with Crippen molar-refractivity contribution in [3.05, 3.63) is 45.5 Å². The molecule has 0 aliphatic heterocycles. The predicted molar refractivity (Wildman–Crippen MR) is 77.0 cm³/mol. The molecular weight excluding hydrogens is 350 g/mol. The molecule has 5 nitrogen and oxygen atoms in total. The van der Waals surface area contributed by atoms with Crippen LogP contribution in [0.1, 0.15) is 10.4 Å². The van der Waals surface area contributed by atoms with Gasteiger partial charge >= 0.3 is 5.97 Å². The number of carboxylic acids is 1. The standard InChI is InChI=1S/C13H9BrClNO4/c1-19-8-2-3-11(9(5-8)13(17)18)20-12-10(14)4-7(15)6-16-12/h2-6H,1H3,(H,17,18). The van der Waals surface area contributed by atoms with Crippen molar-refractivity contribution in [2.45, 2.75) is 0 Å². The van der Waals surface area contributed by atoms with Gasteiger partial charge in [0.1, 0.15) is 17.1 Å². The van der Waals surface area contributed by atoms with Gasteiger partial charge in [-0.05, 0) is 40.2 Å². The lowest BCUT2D eigenvalue weighted by Crippen LogP contribution is -2.01. The van der Waals surface area contributed by atoms with Crippen LogP contribution in [0.2, 0.25) is 5.02 Å². The summed E-state index contributed by atoms with van der Waals surface area (Å²) in [5, 5.41) is 9.63. The van der Waals surface area contributed by atoms with Crippen LogP contribution < -0.4 is 9.47 Å². The monoisotopic (exact) mass is 357 g/mol. The lowest BCUT2D eigenvalue weighted by atomic mass is 10.2. The molecule has 20 heavy (non-hydrogen) atoms. The Bertz CT molecular complexity index is 663. The van der Waals surface area contributed by atoms with Gasteiger partial charge in [0, 0.05) is 6.20 Å². The summed E-state index contributed by atoms with van der Waals surface area (Å²) >= 11 is 9.03. The first kappa shape index (κ1) is 14.6. The van der Waals surface area contributed by atoms with Gasteiger partial charge in [0.15, 0.2) is 0 Å². The molecule has 1 aromatic heterocycles. The van der Waals surface area contributed by atoms with E-state index in [2.05, 4.69) is 20.9 Å². The average molecular weight is 359 g/mol. The van der Waals surface area contributed by atoms with Crippen molar-refractivity contribution in [3.63, 3.8) is 0 Å². The molecule has 0 radical (unpaired) electrons. The number of pyridine rings is 1. The van der Waals surface area contributed by atoms with Gasteiger partial charge in [0.05, 0.1) is 16.6 Å². The third kappa shape index (κ3) is 3.20. The highest BCUT2D eigenvalue weighted by Crippen LogP contribution is 2.32. The molecule has 0 amide bonds. The van der Waals surface area contributed by atoms with Gasteiger partial charge < -0.3 is 14.6 Å². The van der Waals surface area contributed by atoms with Gasteiger partial charge in [-0.2, -0.15) is 0 Å². The van der Waals surface area contributed by atoms with E-state index in [1.165, 1.54) is 25.4 Å². The highest BCUT2D eigenvalue weighted by atomic mass is 79.9. The Labute approximate surface area is 128 Å². The molecule has 0 bridgehead atoms. The molecule has 2 rings (SSSR count). The molecule has 0 unspecified atom stereocenters. The summed E-state index contributed by atoms with van der Waals surface area (Å²) in [7, 11) is 1.46. The van der Waals surface area contributed by atoms with E-state index >= 15 is 0 Å². The lowest BCUT2D eigenvalue weighted by molar-refractivity contribution is 0.0693. The van der Waals surface area contributed by atoms with Crippen LogP contribution in [0.15, 0.2) is 34.9 Å². The van der Waals surface area contributed by atoms with Crippen molar-refractivity contribution in [2.75, 3.05) is 7.11 Å². The van der Waals surface area contributed by atoms with Crippen LogP contribution in [-0.2, 0) is 0 Å². The van der Waals surface area contributed by atoms with Crippen LogP contribution in [-0.4, -0.2) is 23.2 Å². The maximum Gasteiger partial charge on any atom is 0.339 e. The predicted octanol–water partition coefficient (Wildman–Crippen LogP) is 4.00. The normalized spacial score (nSPS) is 10.2. The van der Waals surface area contributed by atoms with Gasteiger partial charge in [-0.25, -0.2) is 9.78 Å². The van der Waals surface area contributed by atoms with Crippen molar-refractivity contribution in [1.29, 1.82) is 0 Å². The van der Waals surface area contributed by atoms with Crippen LogP contribution in [0.3, 0.4) is 0 Å². The number of methoxy groups -OCH3 is 1. The number of benzene rings is 1. The second kappa shape index (κ2) is 6.11. The first-order chi connectivity index (χ1) is 9.51. The third-order valence-corrected chi connectivity index (χ3v) is 3.17. The summed E-state index contributed by atoms with van der Waals surface area (Å²) < 4.78 is 11.0. The summed E-state index contributed by atoms with van der Waals surface area (Å²) in [5.41, 5.74) is -0.0204. The van der Waals surface area contributed by atoms with Gasteiger partial charge in [-0.1, -0.05) is 11.6 Å². The van der Waals surface area contributed by atoms with Crippen LogP contribution in [0.4, 0.5) is 0 Å². The molecule has 7 heteroatoms. The molecular formula is C13H9BrClNO4. The van der Waals surface area contributed by atoms with Crippen LogP contribution in [0.25, 0.3) is 0 Å². The largest absolute Gasteiger partial charge is 0.497 e. The van der Waals surface area contributed by atoms with Crippen LogP contribution >= 0.6 is 27.5 Å². The zero-order valence-corrected chi connectivity index (χ0v) is 12.6. The summed E-state index contributed by atoms with van der Waals surface area (Å²) in [6, 6.07) is 6.09. The molecule has 0 spiro atoms. The molecule has 0 atom stereocenters. The van der Waals surface area contributed by atoms with E-state index in [0.717, 1.165) is 0 Å². The Hall–Kier alpha value is -1.79. The summed E-state index contributed by atoms with van der Waals surface area (Å²) in [5.74, 6) is -0.308. The molecule has 1 heterocycles. The van der Waals surface area contributed by atoms with E-state index in [4.69, 9.17) is 21.1 Å². The molecule has 104 valence electrons. The van der Waals surface area contributed by atoms with E-state index in [1.807, 2.05) is 0 Å². The Morgan fingerprint density at radius 1 is 1.40 bits per heavy atom. The van der Waals surface area contributed by atoms with E-state index < -0.39 is 5.97 Å². The Morgan fingerprint density at radius 3 is 2.75 bits per heavy atom. The number of hydrogen-bond acceptors (Lipinski definition) is 4.